The molecule has 1 aromatic rings. The molecule has 1 aromatic carbocycles. The van der Waals surface area contributed by atoms with E-state index in [1.165, 1.54) is 56.9 Å². The smallest absolute Gasteiger partial charge is 0.0594 e. The van der Waals surface area contributed by atoms with Gasteiger partial charge in [-0.2, -0.15) is 0 Å². The van der Waals surface area contributed by atoms with Crippen LogP contribution in [-0.4, -0.2) is 25.3 Å². The van der Waals surface area contributed by atoms with Crippen molar-refractivity contribution >= 4 is 0 Å². The quantitative estimate of drug-likeness (QED) is 0.789. The van der Waals surface area contributed by atoms with Crippen LogP contribution in [-0.2, 0) is 4.74 Å². The molecule has 2 fully saturated rings. The van der Waals surface area contributed by atoms with E-state index in [0.29, 0.717) is 18.1 Å². The molecule has 1 N–H and O–H groups in total. The zero-order valence-corrected chi connectivity index (χ0v) is 13.1. The van der Waals surface area contributed by atoms with Crippen LogP contribution in [0, 0.1) is 0 Å². The Labute approximate surface area is 129 Å². The van der Waals surface area contributed by atoms with Crippen molar-refractivity contribution in [3.8, 4) is 0 Å². The van der Waals surface area contributed by atoms with E-state index in [-0.39, 0.29) is 0 Å². The molecular formula is C19H29NO. The highest BCUT2D eigenvalue weighted by Crippen LogP contribution is 2.32. The van der Waals surface area contributed by atoms with E-state index in [1.807, 2.05) is 0 Å². The maximum Gasteiger partial charge on any atom is 0.0594 e. The minimum atomic E-state index is 0.545. The molecule has 0 amide bonds. The molecule has 2 nitrogen and oxygen atoms in total. The van der Waals surface area contributed by atoms with Gasteiger partial charge in [0.15, 0.2) is 0 Å². The molecule has 0 aliphatic heterocycles. The number of hydrogen-bond donors (Lipinski definition) is 1. The maximum absolute atomic E-state index is 5.97. The van der Waals surface area contributed by atoms with Gasteiger partial charge < -0.3 is 10.1 Å². The van der Waals surface area contributed by atoms with Crippen molar-refractivity contribution < 1.29 is 4.74 Å². The van der Waals surface area contributed by atoms with Gasteiger partial charge in [-0.1, -0.05) is 56.0 Å². The minimum absolute atomic E-state index is 0.545. The van der Waals surface area contributed by atoms with E-state index in [1.54, 1.807) is 0 Å². The number of ether oxygens (including phenoxy) is 1. The van der Waals surface area contributed by atoms with Gasteiger partial charge in [-0.25, -0.2) is 0 Å². The standard InChI is InChI=1S/C19H29NO/c1-2-8-16(9-3-1)18-12-6-7-13-19(18)20-14-15-21-17-10-4-5-11-17/h1-3,8-9,17-20H,4-7,10-15H2. The Hall–Kier alpha value is -0.860. The Morgan fingerprint density at radius 3 is 2.43 bits per heavy atom. The Morgan fingerprint density at radius 1 is 0.905 bits per heavy atom. The summed E-state index contributed by atoms with van der Waals surface area (Å²) in [5, 5.41) is 3.77. The SMILES string of the molecule is c1ccc(C2CCCCC2NCCOC2CCCC2)cc1. The summed E-state index contributed by atoms with van der Waals surface area (Å²) in [6.45, 7) is 1.88. The molecule has 2 aliphatic carbocycles. The average molecular weight is 287 g/mol. The van der Waals surface area contributed by atoms with Gasteiger partial charge in [0, 0.05) is 12.6 Å². The van der Waals surface area contributed by atoms with Crippen LogP contribution in [0.2, 0.25) is 0 Å². The summed E-state index contributed by atoms with van der Waals surface area (Å²) in [7, 11) is 0. The predicted molar refractivity (Wildman–Crippen MR) is 87.6 cm³/mol. The van der Waals surface area contributed by atoms with Crippen LogP contribution in [0.1, 0.15) is 62.8 Å². The van der Waals surface area contributed by atoms with Crippen LogP contribution < -0.4 is 5.32 Å². The molecule has 0 saturated heterocycles. The normalized spacial score (nSPS) is 27.0. The van der Waals surface area contributed by atoms with Crippen LogP contribution in [0.5, 0.6) is 0 Å². The summed E-state index contributed by atoms with van der Waals surface area (Å²) < 4.78 is 5.97. The minimum Gasteiger partial charge on any atom is -0.377 e. The van der Waals surface area contributed by atoms with E-state index in [0.717, 1.165) is 13.2 Å². The Kier molecular flexibility index (Phi) is 5.70. The monoisotopic (exact) mass is 287 g/mol. The van der Waals surface area contributed by atoms with Crippen LogP contribution in [0.4, 0.5) is 0 Å². The summed E-state index contributed by atoms with van der Waals surface area (Å²) in [5.41, 5.74) is 1.51. The zero-order valence-electron chi connectivity index (χ0n) is 13.1. The van der Waals surface area contributed by atoms with Crippen molar-refractivity contribution in [2.45, 2.75) is 69.4 Å². The molecule has 2 unspecified atom stereocenters. The Balaban J connectivity index is 1.45. The lowest BCUT2D eigenvalue weighted by Crippen LogP contribution is -2.39. The molecule has 2 heteroatoms. The fourth-order valence-corrected chi connectivity index (χ4v) is 4.00. The number of hydrogen-bond acceptors (Lipinski definition) is 2. The van der Waals surface area contributed by atoms with E-state index in [4.69, 9.17) is 4.74 Å². The molecule has 0 bridgehead atoms. The summed E-state index contributed by atoms with van der Waals surface area (Å²) >= 11 is 0. The molecule has 116 valence electrons. The molecule has 2 saturated carbocycles. The first-order chi connectivity index (χ1) is 10.4. The lowest BCUT2D eigenvalue weighted by Gasteiger charge is -2.33. The lowest BCUT2D eigenvalue weighted by atomic mass is 9.80. The largest absolute Gasteiger partial charge is 0.377 e. The zero-order chi connectivity index (χ0) is 14.3. The highest BCUT2D eigenvalue weighted by atomic mass is 16.5. The molecular weight excluding hydrogens is 258 g/mol. The van der Waals surface area contributed by atoms with E-state index in [2.05, 4.69) is 35.6 Å². The molecule has 0 heterocycles. The first-order valence-electron chi connectivity index (χ1n) is 8.83. The number of nitrogens with one attached hydrogen (secondary N) is 1. The van der Waals surface area contributed by atoms with Crippen molar-refractivity contribution in [3.63, 3.8) is 0 Å². The lowest BCUT2D eigenvalue weighted by molar-refractivity contribution is 0.0580. The summed E-state index contributed by atoms with van der Waals surface area (Å²) in [4.78, 5) is 0. The van der Waals surface area contributed by atoms with Gasteiger partial charge in [0.2, 0.25) is 0 Å². The second-order valence-corrected chi connectivity index (χ2v) is 6.64. The highest BCUT2D eigenvalue weighted by molar-refractivity contribution is 5.21. The fourth-order valence-electron chi connectivity index (χ4n) is 4.00. The fraction of sp³-hybridized carbons (Fsp3) is 0.684. The van der Waals surface area contributed by atoms with Crippen LogP contribution >= 0.6 is 0 Å². The third-order valence-corrected chi connectivity index (χ3v) is 5.16. The second kappa shape index (κ2) is 7.95. The van der Waals surface area contributed by atoms with Crippen LogP contribution in [0.25, 0.3) is 0 Å². The average Bonchev–Trinajstić information content (AvgIpc) is 3.06. The molecule has 2 aliphatic rings. The second-order valence-electron chi connectivity index (χ2n) is 6.64. The third-order valence-electron chi connectivity index (χ3n) is 5.16. The summed E-state index contributed by atoms with van der Waals surface area (Å²) in [6, 6.07) is 11.7. The van der Waals surface area contributed by atoms with Gasteiger partial charge in [0.05, 0.1) is 12.7 Å². The number of rotatable bonds is 6. The van der Waals surface area contributed by atoms with E-state index in [9.17, 15) is 0 Å². The third kappa shape index (κ3) is 4.31. The van der Waals surface area contributed by atoms with Crippen molar-refractivity contribution in [2.75, 3.05) is 13.2 Å². The van der Waals surface area contributed by atoms with Gasteiger partial charge >= 0.3 is 0 Å². The number of benzene rings is 1. The van der Waals surface area contributed by atoms with Crippen molar-refractivity contribution in [1.29, 1.82) is 0 Å². The molecule has 2 atom stereocenters. The van der Waals surface area contributed by atoms with Gasteiger partial charge in [-0.3, -0.25) is 0 Å². The Bertz CT molecular complexity index is 399. The highest BCUT2D eigenvalue weighted by Gasteiger charge is 2.25. The first kappa shape index (κ1) is 15.1. The molecule has 0 spiro atoms. The molecule has 3 rings (SSSR count). The van der Waals surface area contributed by atoms with Gasteiger partial charge in [-0.05, 0) is 37.2 Å². The first-order valence-corrected chi connectivity index (χ1v) is 8.83. The summed E-state index contributed by atoms with van der Waals surface area (Å²) in [6.07, 6.45) is 11.2. The Morgan fingerprint density at radius 2 is 1.62 bits per heavy atom. The van der Waals surface area contributed by atoms with E-state index < -0.39 is 0 Å². The van der Waals surface area contributed by atoms with Gasteiger partial charge in [0.25, 0.3) is 0 Å². The van der Waals surface area contributed by atoms with E-state index >= 15 is 0 Å². The van der Waals surface area contributed by atoms with Gasteiger partial charge in [-0.15, -0.1) is 0 Å². The van der Waals surface area contributed by atoms with Crippen LogP contribution in [0.15, 0.2) is 30.3 Å². The van der Waals surface area contributed by atoms with Crippen molar-refractivity contribution in [3.05, 3.63) is 35.9 Å². The van der Waals surface area contributed by atoms with Gasteiger partial charge in [0.1, 0.15) is 0 Å². The summed E-state index contributed by atoms with van der Waals surface area (Å²) in [5.74, 6) is 0.687. The molecule has 0 aromatic heterocycles. The van der Waals surface area contributed by atoms with Crippen molar-refractivity contribution in [2.24, 2.45) is 0 Å². The topological polar surface area (TPSA) is 21.3 Å². The van der Waals surface area contributed by atoms with Crippen molar-refractivity contribution in [1.82, 2.24) is 5.32 Å². The maximum atomic E-state index is 5.97. The molecule has 0 radical (unpaired) electrons. The molecule has 21 heavy (non-hydrogen) atoms. The predicted octanol–water partition coefficient (Wildman–Crippen LogP) is 4.26. The van der Waals surface area contributed by atoms with Crippen LogP contribution in [0.3, 0.4) is 0 Å².